The molecule has 25 heavy (non-hydrogen) atoms. The number of anilines is 3. The third kappa shape index (κ3) is 4.21. The standard InChI is InChI=1S/C17H22N6O2/c1-11-8-12(2)19-15(9-11)21-16(24)13-10-14(18-3)22-17(20-13)23-4-6-25-7-5-23/h8-10H,4-7H2,1-3H3,(H,18,20,22)(H,19,21,24). The minimum Gasteiger partial charge on any atom is -0.378 e. The summed E-state index contributed by atoms with van der Waals surface area (Å²) >= 11 is 0. The first-order valence-corrected chi connectivity index (χ1v) is 8.21. The van der Waals surface area contributed by atoms with Gasteiger partial charge in [-0.05, 0) is 31.5 Å². The predicted octanol–water partition coefficient (Wildman–Crippen LogP) is 1.62. The number of carbonyl (C=O) groups excluding carboxylic acids is 1. The van der Waals surface area contributed by atoms with Crippen LogP contribution in [-0.2, 0) is 4.74 Å². The molecule has 3 rings (SSSR count). The molecule has 2 aromatic rings. The van der Waals surface area contributed by atoms with Crippen molar-refractivity contribution in [3.63, 3.8) is 0 Å². The number of aryl methyl sites for hydroxylation is 2. The molecule has 8 nitrogen and oxygen atoms in total. The Kier molecular flexibility index (Phi) is 5.08. The van der Waals surface area contributed by atoms with Crippen molar-refractivity contribution in [1.29, 1.82) is 0 Å². The Bertz CT molecular complexity index is 753. The summed E-state index contributed by atoms with van der Waals surface area (Å²) < 4.78 is 5.36. The fourth-order valence-corrected chi connectivity index (χ4v) is 2.67. The molecular weight excluding hydrogens is 320 g/mol. The zero-order chi connectivity index (χ0) is 17.8. The number of aromatic nitrogens is 3. The average Bonchev–Trinajstić information content (AvgIpc) is 2.61. The largest absolute Gasteiger partial charge is 0.378 e. The van der Waals surface area contributed by atoms with Crippen molar-refractivity contribution in [2.24, 2.45) is 0 Å². The molecule has 0 radical (unpaired) electrons. The van der Waals surface area contributed by atoms with Crippen LogP contribution in [0.3, 0.4) is 0 Å². The van der Waals surface area contributed by atoms with E-state index in [1.54, 1.807) is 13.1 Å². The predicted molar refractivity (Wildman–Crippen MR) is 96.3 cm³/mol. The molecule has 0 saturated carbocycles. The molecule has 1 amide bonds. The molecule has 1 saturated heterocycles. The van der Waals surface area contributed by atoms with Crippen molar-refractivity contribution in [3.05, 3.63) is 35.2 Å². The van der Waals surface area contributed by atoms with Crippen LogP contribution in [0.15, 0.2) is 18.2 Å². The molecule has 1 aliphatic rings. The maximum Gasteiger partial charge on any atom is 0.275 e. The molecule has 0 aromatic carbocycles. The van der Waals surface area contributed by atoms with Crippen LogP contribution in [0.5, 0.6) is 0 Å². The molecule has 1 fully saturated rings. The monoisotopic (exact) mass is 342 g/mol. The van der Waals surface area contributed by atoms with Gasteiger partial charge in [0.25, 0.3) is 5.91 Å². The first-order chi connectivity index (χ1) is 12.0. The van der Waals surface area contributed by atoms with Gasteiger partial charge in [-0.2, -0.15) is 4.98 Å². The Labute approximate surface area is 146 Å². The van der Waals surface area contributed by atoms with E-state index >= 15 is 0 Å². The van der Waals surface area contributed by atoms with Crippen LogP contribution < -0.4 is 15.5 Å². The molecule has 3 heterocycles. The molecule has 2 N–H and O–H groups in total. The van der Waals surface area contributed by atoms with Crippen LogP contribution in [0.1, 0.15) is 21.7 Å². The summed E-state index contributed by atoms with van der Waals surface area (Å²) in [6.45, 7) is 6.51. The highest BCUT2D eigenvalue weighted by atomic mass is 16.5. The number of nitrogens with zero attached hydrogens (tertiary/aromatic N) is 4. The molecule has 132 valence electrons. The number of pyridine rings is 1. The van der Waals surface area contributed by atoms with E-state index in [4.69, 9.17) is 4.74 Å². The van der Waals surface area contributed by atoms with Crippen LogP contribution >= 0.6 is 0 Å². The number of carbonyl (C=O) groups is 1. The molecular formula is C17H22N6O2. The third-order valence-electron chi connectivity index (χ3n) is 3.84. The van der Waals surface area contributed by atoms with E-state index in [-0.39, 0.29) is 5.91 Å². The summed E-state index contributed by atoms with van der Waals surface area (Å²) in [6.07, 6.45) is 0. The zero-order valence-electron chi connectivity index (χ0n) is 14.7. The number of ether oxygens (including phenoxy) is 1. The lowest BCUT2D eigenvalue weighted by Crippen LogP contribution is -2.37. The second-order valence-corrected chi connectivity index (χ2v) is 5.91. The Morgan fingerprint density at radius 2 is 1.84 bits per heavy atom. The van der Waals surface area contributed by atoms with Gasteiger partial charge < -0.3 is 20.3 Å². The number of rotatable bonds is 4. The van der Waals surface area contributed by atoms with E-state index in [1.807, 2.05) is 30.9 Å². The second kappa shape index (κ2) is 7.43. The van der Waals surface area contributed by atoms with E-state index in [2.05, 4.69) is 25.6 Å². The van der Waals surface area contributed by atoms with Gasteiger partial charge in [0.05, 0.1) is 13.2 Å². The maximum absolute atomic E-state index is 12.6. The first-order valence-electron chi connectivity index (χ1n) is 8.21. The van der Waals surface area contributed by atoms with Crippen LogP contribution in [0.4, 0.5) is 17.6 Å². The first kappa shape index (κ1) is 17.1. The van der Waals surface area contributed by atoms with Gasteiger partial charge in [-0.1, -0.05) is 0 Å². The van der Waals surface area contributed by atoms with Gasteiger partial charge in [-0.15, -0.1) is 0 Å². The number of morpholine rings is 1. The maximum atomic E-state index is 12.6. The molecule has 8 heteroatoms. The van der Waals surface area contributed by atoms with Gasteiger partial charge in [0, 0.05) is 31.9 Å². The number of hydrogen-bond acceptors (Lipinski definition) is 7. The fraction of sp³-hybridized carbons (Fsp3) is 0.412. The van der Waals surface area contributed by atoms with Crippen LogP contribution in [0.25, 0.3) is 0 Å². The Morgan fingerprint density at radius 1 is 1.08 bits per heavy atom. The fourth-order valence-electron chi connectivity index (χ4n) is 2.67. The van der Waals surface area contributed by atoms with Crippen molar-refractivity contribution in [2.45, 2.75) is 13.8 Å². The van der Waals surface area contributed by atoms with Crippen molar-refractivity contribution in [3.8, 4) is 0 Å². The van der Waals surface area contributed by atoms with Crippen molar-refractivity contribution in [1.82, 2.24) is 15.0 Å². The molecule has 0 atom stereocenters. The number of nitrogens with one attached hydrogen (secondary N) is 2. The quantitative estimate of drug-likeness (QED) is 0.872. The van der Waals surface area contributed by atoms with Crippen LogP contribution in [0.2, 0.25) is 0 Å². The van der Waals surface area contributed by atoms with Gasteiger partial charge in [-0.3, -0.25) is 4.79 Å². The van der Waals surface area contributed by atoms with Crippen molar-refractivity contribution in [2.75, 3.05) is 48.9 Å². The smallest absolute Gasteiger partial charge is 0.275 e. The van der Waals surface area contributed by atoms with E-state index < -0.39 is 0 Å². The summed E-state index contributed by atoms with van der Waals surface area (Å²) in [6, 6.07) is 5.41. The van der Waals surface area contributed by atoms with Crippen LogP contribution in [0, 0.1) is 13.8 Å². The molecule has 0 bridgehead atoms. The molecule has 0 unspecified atom stereocenters. The topological polar surface area (TPSA) is 92.3 Å². The van der Waals surface area contributed by atoms with Crippen molar-refractivity contribution < 1.29 is 9.53 Å². The number of hydrogen-bond donors (Lipinski definition) is 2. The SMILES string of the molecule is CNc1cc(C(=O)Nc2cc(C)cc(C)n2)nc(N2CCOCC2)n1. The highest BCUT2D eigenvalue weighted by Crippen LogP contribution is 2.17. The van der Waals surface area contributed by atoms with Crippen molar-refractivity contribution >= 4 is 23.5 Å². The summed E-state index contributed by atoms with van der Waals surface area (Å²) in [5, 5.41) is 5.79. The third-order valence-corrected chi connectivity index (χ3v) is 3.84. The molecule has 2 aromatic heterocycles. The Morgan fingerprint density at radius 3 is 2.52 bits per heavy atom. The molecule has 0 aliphatic carbocycles. The number of amides is 1. The average molecular weight is 342 g/mol. The minimum atomic E-state index is -0.314. The highest BCUT2D eigenvalue weighted by molar-refractivity contribution is 6.03. The van der Waals surface area contributed by atoms with E-state index in [0.717, 1.165) is 11.3 Å². The summed E-state index contributed by atoms with van der Waals surface area (Å²) in [5.41, 5.74) is 2.18. The zero-order valence-corrected chi connectivity index (χ0v) is 14.7. The second-order valence-electron chi connectivity index (χ2n) is 5.91. The minimum absolute atomic E-state index is 0.293. The summed E-state index contributed by atoms with van der Waals surface area (Å²) in [7, 11) is 1.76. The van der Waals surface area contributed by atoms with Gasteiger partial charge >= 0.3 is 0 Å². The molecule has 1 aliphatic heterocycles. The van der Waals surface area contributed by atoms with E-state index in [0.29, 0.717) is 49.6 Å². The molecule has 0 spiro atoms. The van der Waals surface area contributed by atoms with Gasteiger partial charge in [0.15, 0.2) is 0 Å². The van der Waals surface area contributed by atoms with E-state index in [9.17, 15) is 4.79 Å². The lowest BCUT2D eigenvalue weighted by molar-refractivity contribution is 0.102. The van der Waals surface area contributed by atoms with E-state index in [1.165, 1.54) is 0 Å². The Balaban J connectivity index is 1.85. The highest BCUT2D eigenvalue weighted by Gasteiger charge is 2.18. The normalized spacial score (nSPS) is 14.3. The van der Waals surface area contributed by atoms with Gasteiger partial charge in [0.2, 0.25) is 5.95 Å². The van der Waals surface area contributed by atoms with Crippen LogP contribution in [-0.4, -0.2) is 54.2 Å². The lowest BCUT2D eigenvalue weighted by Gasteiger charge is -2.27. The van der Waals surface area contributed by atoms with Gasteiger partial charge in [-0.25, -0.2) is 9.97 Å². The summed E-state index contributed by atoms with van der Waals surface area (Å²) in [4.78, 5) is 27.8. The lowest BCUT2D eigenvalue weighted by atomic mass is 10.2. The summed E-state index contributed by atoms with van der Waals surface area (Å²) in [5.74, 6) is 1.31. The Hall–Kier alpha value is -2.74. The van der Waals surface area contributed by atoms with Gasteiger partial charge in [0.1, 0.15) is 17.3 Å².